The summed E-state index contributed by atoms with van der Waals surface area (Å²) in [7, 11) is 0. The third kappa shape index (κ3) is 2.34. The molecule has 2 aliphatic heterocycles. The van der Waals surface area contributed by atoms with E-state index in [4.69, 9.17) is 0 Å². The van der Waals surface area contributed by atoms with Crippen LogP contribution >= 0.6 is 0 Å². The van der Waals surface area contributed by atoms with Gasteiger partial charge in [-0.25, -0.2) is 0 Å². The third-order valence-corrected chi connectivity index (χ3v) is 5.75. The van der Waals surface area contributed by atoms with Crippen LogP contribution in [-0.2, 0) is 0 Å². The molecule has 3 rings (SSSR count). The Morgan fingerprint density at radius 3 is 2.56 bits per heavy atom. The van der Waals surface area contributed by atoms with Gasteiger partial charge in [-0.2, -0.15) is 0 Å². The van der Waals surface area contributed by atoms with Crippen LogP contribution in [0.15, 0.2) is 0 Å². The third-order valence-electron chi connectivity index (χ3n) is 5.75. The van der Waals surface area contributed by atoms with Gasteiger partial charge in [-0.3, -0.25) is 9.80 Å². The lowest BCUT2D eigenvalue weighted by atomic mass is 9.69. The van der Waals surface area contributed by atoms with Gasteiger partial charge < -0.3 is 0 Å². The van der Waals surface area contributed by atoms with Crippen LogP contribution in [0.1, 0.15) is 52.9 Å². The minimum Gasteiger partial charge on any atom is -0.298 e. The Hall–Kier alpha value is -0.0800. The van der Waals surface area contributed by atoms with Crippen molar-refractivity contribution in [3.63, 3.8) is 0 Å². The first kappa shape index (κ1) is 12.9. The summed E-state index contributed by atoms with van der Waals surface area (Å²) in [4.78, 5) is 5.63. The van der Waals surface area contributed by atoms with Crippen LogP contribution in [0.25, 0.3) is 0 Å². The number of nitrogens with zero attached hydrogens (tertiary/aromatic N) is 2. The van der Waals surface area contributed by atoms with E-state index in [2.05, 4.69) is 30.6 Å². The predicted molar refractivity (Wildman–Crippen MR) is 76.8 cm³/mol. The molecule has 0 radical (unpaired) electrons. The van der Waals surface area contributed by atoms with Crippen LogP contribution in [0.3, 0.4) is 0 Å². The SMILES string of the molecule is CC(C)C1CN2CCCC2CN1CC1(C)CCC1. The van der Waals surface area contributed by atoms with Crippen molar-refractivity contribution in [3.8, 4) is 0 Å². The maximum absolute atomic E-state index is 2.86. The van der Waals surface area contributed by atoms with E-state index in [1.807, 2.05) is 0 Å². The number of fused-ring (bicyclic) bond motifs is 1. The first-order chi connectivity index (χ1) is 8.57. The van der Waals surface area contributed by atoms with Gasteiger partial charge in [0.15, 0.2) is 0 Å². The van der Waals surface area contributed by atoms with E-state index < -0.39 is 0 Å². The highest BCUT2D eigenvalue weighted by molar-refractivity contribution is 4.96. The molecule has 2 heterocycles. The molecule has 0 bridgehead atoms. The molecule has 2 nitrogen and oxygen atoms in total. The van der Waals surface area contributed by atoms with Gasteiger partial charge in [0.25, 0.3) is 0 Å². The molecular weight excluding hydrogens is 220 g/mol. The van der Waals surface area contributed by atoms with Crippen molar-refractivity contribution in [1.29, 1.82) is 0 Å². The molecule has 2 saturated heterocycles. The van der Waals surface area contributed by atoms with Gasteiger partial charge in [-0.1, -0.05) is 27.2 Å². The predicted octanol–water partition coefficient (Wildman–Crippen LogP) is 2.98. The molecule has 0 N–H and O–H groups in total. The van der Waals surface area contributed by atoms with E-state index in [0.717, 1.165) is 18.0 Å². The normalized spacial score (nSPS) is 36.7. The molecule has 3 aliphatic rings. The van der Waals surface area contributed by atoms with E-state index in [0.29, 0.717) is 5.41 Å². The fourth-order valence-electron chi connectivity index (χ4n) is 4.35. The molecular formula is C16H30N2. The van der Waals surface area contributed by atoms with Crippen molar-refractivity contribution in [2.24, 2.45) is 11.3 Å². The lowest BCUT2D eigenvalue weighted by Gasteiger charge is -2.50. The summed E-state index contributed by atoms with van der Waals surface area (Å²) in [6.45, 7) is 12.7. The molecule has 1 saturated carbocycles. The fourth-order valence-corrected chi connectivity index (χ4v) is 4.35. The number of rotatable bonds is 3. The molecule has 2 unspecified atom stereocenters. The van der Waals surface area contributed by atoms with Gasteiger partial charge in [0.05, 0.1) is 0 Å². The Morgan fingerprint density at radius 2 is 1.94 bits per heavy atom. The highest BCUT2D eigenvalue weighted by Gasteiger charge is 2.41. The van der Waals surface area contributed by atoms with Gasteiger partial charge in [-0.05, 0) is 43.6 Å². The van der Waals surface area contributed by atoms with Crippen molar-refractivity contribution in [2.75, 3.05) is 26.2 Å². The molecule has 0 aromatic heterocycles. The summed E-state index contributed by atoms with van der Waals surface area (Å²) in [5.74, 6) is 0.801. The lowest BCUT2D eigenvalue weighted by Crippen LogP contribution is -2.60. The zero-order valence-corrected chi connectivity index (χ0v) is 12.5. The fraction of sp³-hybridized carbons (Fsp3) is 1.00. The molecule has 3 fully saturated rings. The summed E-state index contributed by atoms with van der Waals surface area (Å²) in [6.07, 6.45) is 7.26. The minimum absolute atomic E-state index is 0.647. The van der Waals surface area contributed by atoms with Crippen LogP contribution in [0.2, 0.25) is 0 Å². The van der Waals surface area contributed by atoms with Crippen molar-refractivity contribution in [3.05, 3.63) is 0 Å². The molecule has 0 amide bonds. The minimum atomic E-state index is 0.647. The number of hydrogen-bond donors (Lipinski definition) is 0. The molecule has 2 atom stereocenters. The average molecular weight is 250 g/mol. The average Bonchev–Trinajstić information content (AvgIpc) is 2.72. The Kier molecular flexibility index (Phi) is 3.44. The lowest BCUT2D eigenvalue weighted by molar-refractivity contribution is -0.0159. The van der Waals surface area contributed by atoms with E-state index in [9.17, 15) is 0 Å². The Bertz CT molecular complexity index is 295. The van der Waals surface area contributed by atoms with Crippen molar-refractivity contribution >= 4 is 0 Å². The Morgan fingerprint density at radius 1 is 1.17 bits per heavy atom. The molecule has 104 valence electrons. The maximum Gasteiger partial charge on any atom is 0.0247 e. The molecule has 0 aromatic rings. The maximum atomic E-state index is 2.86. The topological polar surface area (TPSA) is 6.48 Å². The van der Waals surface area contributed by atoms with E-state index >= 15 is 0 Å². The zero-order chi connectivity index (χ0) is 12.8. The number of piperazine rings is 1. The molecule has 18 heavy (non-hydrogen) atoms. The van der Waals surface area contributed by atoms with E-state index in [1.54, 1.807) is 0 Å². The number of hydrogen-bond acceptors (Lipinski definition) is 2. The van der Waals surface area contributed by atoms with Gasteiger partial charge in [0, 0.05) is 31.7 Å². The van der Waals surface area contributed by atoms with E-state index in [-0.39, 0.29) is 0 Å². The van der Waals surface area contributed by atoms with Gasteiger partial charge in [0.1, 0.15) is 0 Å². The van der Waals surface area contributed by atoms with Crippen LogP contribution in [0.5, 0.6) is 0 Å². The summed E-state index contributed by atoms with van der Waals surface area (Å²) < 4.78 is 0. The Balaban J connectivity index is 1.68. The second kappa shape index (κ2) is 4.79. The largest absolute Gasteiger partial charge is 0.298 e. The highest BCUT2D eigenvalue weighted by atomic mass is 15.3. The monoisotopic (exact) mass is 250 g/mol. The quantitative estimate of drug-likeness (QED) is 0.760. The van der Waals surface area contributed by atoms with Crippen LogP contribution in [0.4, 0.5) is 0 Å². The van der Waals surface area contributed by atoms with Gasteiger partial charge in [-0.15, -0.1) is 0 Å². The summed E-state index contributed by atoms with van der Waals surface area (Å²) >= 11 is 0. The standard InChI is InChI=1S/C16H30N2/c1-13(2)15-11-17-9-4-6-14(17)10-18(15)12-16(3)7-5-8-16/h13-15H,4-12H2,1-3H3. The van der Waals surface area contributed by atoms with E-state index in [1.165, 1.54) is 58.3 Å². The molecule has 0 spiro atoms. The first-order valence-corrected chi connectivity index (χ1v) is 8.05. The highest BCUT2D eigenvalue weighted by Crippen LogP contribution is 2.42. The first-order valence-electron chi connectivity index (χ1n) is 8.05. The zero-order valence-electron chi connectivity index (χ0n) is 12.5. The summed E-state index contributed by atoms with van der Waals surface area (Å²) in [5, 5.41) is 0. The van der Waals surface area contributed by atoms with Crippen LogP contribution < -0.4 is 0 Å². The van der Waals surface area contributed by atoms with Crippen molar-refractivity contribution in [1.82, 2.24) is 9.80 Å². The molecule has 2 heteroatoms. The molecule has 1 aliphatic carbocycles. The summed E-state index contributed by atoms with van der Waals surface area (Å²) in [6, 6.07) is 1.68. The second-order valence-electron chi connectivity index (χ2n) is 7.70. The van der Waals surface area contributed by atoms with Crippen molar-refractivity contribution in [2.45, 2.75) is 65.0 Å². The van der Waals surface area contributed by atoms with Crippen molar-refractivity contribution < 1.29 is 0 Å². The smallest absolute Gasteiger partial charge is 0.0247 e. The van der Waals surface area contributed by atoms with Gasteiger partial charge >= 0.3 is 0 Å². The second-order valence-corrected chi connectivity index (χ2v) is 7.70. The van der Waals surface area contributed by atoms with Crippen LogP contribution in [0, 0.1) is 11.3 Å². The summed E-state index contributed by atoms with van der Waals surface area (Å²) in [5.41, 5.74) is 0.647. The molecule has 0 aromatic carbocycles. The Labute approximate surface area is 113 Å². The van der Waals surface area contributed by atoms with Crippen LogP contribution in [-0.4, -0.2) is 48.1 Å². The van der Waals surface area contributed by atoms with Gasteiger partial charge in [0.2, 0.25) is 0 Å².